The molecule has 0 spiro atoms. The van der Waals surface area contributed by atoms with Gasteiger partial charge in [0.1, 0.15) is 0 Å². The van der Waals surface area contributed by atoms with Crippen LogP contribution in [-0.4, -0.2) is 53.2 Å². The highest BCUT2D eigenvalue weighted by Gasteiger charge is 2.22. The second-order valence-electron chi connectivity index (χ2n) is 5.09. The third kappa shape index (κ3) is 7.31. The first-order chi connectivity index (χ1) is 8.84. The zero-order valence-corrected chi connectivity index (χ0v) is 12.0. The molecular weight excluding hydrogens is 230 g/mol. The van der Waals surface area contributed by atoms with Crippen molar-refractivity contribution in [3.63, 3.8) is 0 Å². The Balaban J connectivity index is 1.76. The summed E-state index contributed by atoms with van der Waals surface area (Å²) in [6.07, 6.45) is 4.20. The molecule has 0 saturated heterocycles. The van der Waals surface area contributed by atoms with Crippen LogP contribution in [-0.2, 0) is 14.2 Å². The van der Waals surface area contributed by atoms with E-state index < -0.39 is 0 Å². The van der Waals surface area contributed by atoms with Crippen molar-refractivity contribution in [1.82, 2.24) is 5.32 Å². The van der Waals surface area contributed by atoms with Gasteiger partial charge in [0, 0.05) is 13.7 Å². The minimum Gasteiger partial charge on any atom is -0.382 e. The maximum absolute atomic E-state index is 5.48. The number of hydrogen-bond acceptors (Lipinski definition) is 4. The normalized spacial score (nSPS) is 23.7. The van der Waals surface area contributed by atoms with Crippen LogP contribution in [0.5, 0.6) is 0 Å². The molecule has 1 fully saturated rings. The van der Waals surface area contributed by atoms with Crippen molar-refractivity contribution in [2.24, 2.45) is 11.8 Å². The van der Waals surface area contributed by atoms with E-state index in [1.807, 2.05) is 0 Å². The van der Waals surface area contributed by atoms with Crippen molar-refractivity contribution in [3.8, 4) is 0 Å². The number of rotatable bonds is 11. The summed E-state index contributed by atoms with van der Waals surface area (Å²) in [5.41, 5.74) is 0. The Morgan fingerprint density at radius 3 is 2.39 bits per heavy atom. The second-order valence-corrected chi connectivity index (χ2v) is 5.09. The topological polar surface area (TPSA) is 39.7 Å². The first-order valence-corrected chi connectivity index (χ1v) is 7.19. The first-order valence-electron chi connectivity index (χ1n) is 7.19. The fourth-order valence-corrected chi connectivity index (χ4v) is 2.42. The molecule has 0 bridgehead atoms. The van der Waals surface area contributed by atoms with Crippen molar-refractivity contribution >= 4 is 0 Å². The molecule has 1 aliphatic carbocycles. The van der Waals surface area contributed by atoms with Crippen LogP contribution in [0.15, 0.2) is 0 Å². The van der Waals surface area contributed by atoms with E-state index in [4.69, 9.17) is 14.2 Å². The third-order valence-corrected chi connectivity index (χ3v) is 3.67. The Kier molecular flexibility index (Phi) is 9.48. The summed E-state index contributed by atoms with van der Waals surface area (Å²) >= 11 is 0. The van der Waals surface area contributed by atoms with Crippen LogP contribution in [0, 0.1) is 11.8 Å². The number of methoxy groups -OCH3 is 1. The van der Waals surface area contributed by atoms with Gasteiger partial charge in [-0.15, -0.1) is 0 Å². The minimum absolute atomic E-state index is 0.650. The maximum atomic E-state index is 5.48. The Labute approximate surface area is 111 Å². The van der Waals surface area contributed by atoms with Gasteiger partial charge in [0.2, 0.25) is 0 Å². The van der Waals surface area contributed by atoms with E-state index in [2.05, 4.69) is 12.2 Å². The Bertz CT molecular complexity index is 190. The lowest BCUT2D eigenvalue weighted by Gasteiger charge is -2.15. The summed E-state index contributed by atoms with van der Waals surface area (Å²) < 4.78 is 15.7. The molecule has 2 unspecified atom stereocenters. The molecule has 0 aromatic heterocycles. The van der Waals surface area contributed by atoms with E-state index in [0.717, 1.165) is 31.5 Å². The molecule has 108 valence electrons. The van der Waals surface area contributed by atoms with Crippen LogP contribution in [0.1, 0.15) is 26.2 Å². The van der Waals surface area contributed by atoms with Gasteiger partial charge in [-0.05, 0) is 24.8 Å². The van der Waals surface area contributed by atoms with Gasteiger partial charge in [-0.3, -0.25) is 0 Å². The molecule has 1 rings (SSSR count). The van der Waals surface area contributed by atoms with Crippen LogP contribution in [0.2, 0.25) is 0 Å². The average Bonchev–Trinajstić information content (AvgIpc) is 2.77. The molecular formula is C14H29NO3. The van der Waals surface area contributed by atoms with Crippen LogP contribution in [0.25, 0.3) is 0 Å². The fourth-order valence-electron chi connectivity index (χ4n) is 2.42. The van der Waals surface area contributed by atoms with Gasteiger partial charge in [-0.2, -0.15) is 0 Å². The largest absolute Gasteiger partial charge is 0.382 e. The van der Waals surface area contributed by atoms with Crippen LogP contribution in [0.4, 0.5) is 0 Å². The predicted molar refractivity (Wildman–Crippen MR) is 72.9 cm³/mol. The van der Waals surface area contributed by atoms with Crippen molar-refractivity contribution in [2.45, 2.75) is 26.2 Å². The summed E-state index contributed by atoms with van der Waals surface area (Å²) in [5.74, 6) is 1.77. The van der Waals surface area contributed by atoms with E-state index >= 15 is 0 Å². The Morgan fingerprint density at radius 2 is 1.72 bits per heavy atom. The maximum Gasteiger partial charge on any atom is 0.0701 e. The molecule has 0 amide bonds. The minimum atomic E-state index is 0.650. The van der Waals surface area contributed by atoms with E-state index in [1.54, 1.807) is 7.11 Å². The van der Waals surface area contributed by atoms with Gasteiger partial charge in [-0.1, -0.05) is 19.8 Å². The smallest absolute Gasteiger partial charge is 0.0701 e. The summed E-state index contributed by atoms with van der Waals surface area (Å²) in [4.78, 5) is 0. The van der Waals surface area contributed by atoms with Crippen LogP contribution < -0.4 is 5.32 Å². The van der Waals surface area contributed by atoms with E-state index in [9.17, 15) is 0 Å². The standard InChI is InChI=1S/C14H29NO3/c1-13-4-3-5-14(13)12-15-6-7-17-10-11-18-9-8-16-2/h13-15H,3-12H2,1-2H3. The molecule has 0 aliphatic heterocycles. The molecule has 1 aliphatic rings. The molecule has 0 radical (unpaired) electrons. The molecule has 0 aromatic rings. The molecule has 1 N–H and O–H groups in total. The summed E-state index contributed by atoms with van der Waals surface area (Å²) in [6.45, 7) is 7.87. The van der Waals surface area contributed by atoms with Gasteiger partial charge in [-0.25, -0.2) is 0 Å². The van der Waals surface area contributed by atoms with Crippen molar-refractivity contribution in [2.75, 3.05) is 53.2 Å². The van der Waals surface area contributed by atoms with Crippen molar-refractivity contribution in [1.29, 1.82) is 0 Å². The summed E-state index contributed by atoms with van der Waals surface area (Å²) in [6, 6.07) is 0. The molecule has 0 aromatic carbocycles. The molecule has 2 atom stereocenters. The molecule has 1 saturated carbocycles. The highest BCUT2D eigenvalue weighted by Crippen LogP contribution is 2.30. The highest BCUT2D eigenvalue weighted by molar-refractivity contribution is 4.75. The average molecular weight is 259 g/mol. The molecule has 4 nitrogen and oxygen atoms in total. The van der Waals surface area contributed by atoms with Gasteiger partial charge < -0.3 is 19.5 Å². The quantitative estimate of drug-likeness (QED) is 0.573. The van der Waals surface area contributed by atoms with Gasteiger partial charge in [0.25, 0.3) is 0 Å². The summed E-state index contributed by atoms with van der Waals surface area (Å²) in [5, 5.41) is 3.48. The summed E-state index contributed by atoms with van der Waals surface area (Å²) in [7, 11) is 1.68. The molecule has 0 heterocycles. The van der Waals surface area contributed by atoms with E-state index in [1.165, 1.54) is 19.3 Å². The number of ether oxygens (including phenoxy) is 3. The number of nitrogens with one attached hydrogen (secondary N) is 1. The Morgan fingerprint density at radius 1 is 1.00 bits per heavy atom. The fraction of sp³-hybridized carbons (Fsp3) is 1.00. The predicted octanol–water partition coefficient (Wildman–Crippen LogP) is 1.69. The first kappa shape index (κ1) is 15.9. The lowest BCUT2D eigenvalue weighted by atomic mass is 9.98. The lowest BCUT2D eigenvalue weighted by molar-refractivity contribution is 0.0254. The van der Waals surface area contributed by atoms with Gasteiger partial charge >= 0.3 is 0 Å². The third-order valence-electron chi connectivity index (χ3n) is 3.67. The second kappa shape index (κ2) is 10.7. The molecule has 4 heteroatoms. The molecule has 18 heavy (non-hydrogen) atoms. The van der Waals surface area contributed by atoms with Crippen molar-refractivity contribution in [3.05, 3.63) is 0 Å². The van der Waals surface area contributed by atoms with E-state index in [-0.39, 0.29) is 0 Å². The van der Waals surface area contributed by atoms with Gasteiger partial charge in [0.15, 0.2) is 0 Å². The lowest BCUT2D eigenvalue weighted by Crippen LogP contribution is -2.27. The van der Waals surface area contributed by atoms with E-state index in [0.29, 0.717) is 26.4 Å². The zero-order chi connectivity index (χ0) is 13.1. The zero-order valence-electron chi connectivity index (χ0n) is 12.0. The SMILES string of the molecule is COCCOCCOCCNCC1CCCC1C. The highest BCUT2D eigenvalue weighted by atomic mass is 16.5. The van der Waals surface area contributed by atoms with Gasteiger partial charge in [0.05, 0.1) is 33.0 Å². The number of hydrogen-bond donors (Lipinski definition) is 1. The van der Waals surface area contributed by atoms with Crippen LogP contribution in [0.3, 0.4) is 0 Å². The Hall–Kier alpha value is -0.160. The van der Waals surface area contributed by atoms with Crippen LogP contribution >= 0.6 is 0 Å². The van der Waals surface area contributed by atoms with Crippen molar-refractivity contribution < 1.29 is 14.2 Å². The monoisotopic (exact) mass is 259 g/mol.